The van der Waals surface area contributed by atoms with Crippen LogP contribution in [-0.4, -0.2) is 43.3 Å². The molecule has 0 aliphatic heterocycles. The number of alkyl halides is 2. The number of halogens is 3. The molecule has 0 bridgehead atoms. The van der Waals surface area contributed by atoms with E-state index in [0.29, 0.717) is 20.3 Å². The van der Waals surface area contributed by atoms with Crippen LogP contribution < -0.4 is 9.63 Å². The van der Waals surface area contributed by atoms with Crippen molar-refractivity contribution in [1.29, 1.82) is 0 Å². The van der Waals surface area contributed by atoms with Gasteiger partial charge in [-0.2, -0.15) is 4.73 Å². The molecule has 1 amide bonds. The first kappa shape index (κ1) is 21.8. The van der Waals surface area contributed by atoms with Crippen LogP contribution in [0.2, 0.25) is 5.15 Å². The molecule has 158 valence electrons. The minimum atomic E-state index is -3.77. The van der Waals surface area contributed by atoms with E-state index in [9.17, 15) is 27.2 Å². The van der Waals surface area contributed by atoms with E-state index >= 15 is 0 Å². The summed E-state index contributed by atoms with van der Waals surface area (Å²) in [6.07, 6.45) is 1.87. The summed E-state index contributed by atoms with van der Waals surface area (Å²) in [6, 6.07) is 3.22. The maximum Gasteiger partial charge on any atom is 0.252 e. The van der Waals surface area contributed by atoms with Crippen LogP contribution in [0.4, 0.5) is 13.8 Å². The third-order valence-corrected chi connectivity index (χ3v) is 7.73. The smallest absolute Gasteiger partial charge is 0.252 e. The van der Waals surface area contributed by atoms with E-state index in [2.05, 4.69) is 4.98 Å². The molecule has 2 heterocycles. The Morgan fingerprint density at radius 2 is 2.21 bits per heavy atom. The monoisotopic (exact) mass is 465 g/mol. The molecule has 3 rings (SSSR count). The van der Waals surface area contributed by atoms with Crippen molar-refractivity contribution in [2.24, 2.45) is 5.92 Å². The molecule has 0 radical (unpaired) electrons. The summed E-state index contributed by atoms with van der Waals surface area (Å²) in [6.45, 7) is 1.91. The zero-order chi connectivity index (χ0) is 21.4. The number of thiazole rings is 1. The van der Waals surface area contributed by atoms with Crippen LogP contribution in [0.15, 0.2) is 24.5 Å². The average Bonchev–Trinajstić information content (AvgIpc) is 3.04. The molecule has 1 fully saturated rings. The molecule has 1 aliphatic rings. The van der Waals surface area contributed by atoms with Gasteiger partial charge in [0.1, 0.15) is 10.0 Å². The predicted molar refractivity (Wildman–Crippen MR) is 106 cm³/mol. The second-order valence-electron chi connectivity index (χ2n) is 6.73. The van der Waals surface area contributed by atoms with Gasteiger partial charge in [0.15, 0.2) is 27.4 Å². The number of pyridine rings is 1. The quantitative estimate of drug-likeness (QED) is 0.441. The summed E-state index contributed by atoms with van der Waals surface area (Å²) >= 11 is 7.27. The van der Waals surface area contributed by atoms with Crippen LogP contribution >= 0.6 is 22.9 Å². The van der Waals surface area contributed by atoms with Gasteiger partial charge >= 0.3 is 0 Å². The molecule has 1 aliphatic carbocycles. The summed E-state index contributed by atoms with van der Waals surface area (Å²) in [4.78, 5) is 18.1. The van der Waals surface area contributed by atoms with Crippen molar-refractivity contribution in [3.8, 4) is 10.6 Å². The lowest BCUT2D eigenvalue weighted by atomic mass is 10.3. The standard InChI is InChI=1S/C17H18ClF2N3O4S2/c1-2-23(13(24)5-7-29(26,27)10-12-8-17(12,19)20)16-14(18)21-15(28-16)11-4-3-6-22(25)9-11/h3-4,6,9,12H,2,5,7-8,10H2,1H3. The number of aromatic nitrogens is 2. The molecule has 2 aromatic heterocycles. The molecule has 29 heavy (non-hydrogen) atoms. The lowest BCUT2D eigenvalue weighted by molar-refractivity contribution is -0.604. The topological polar surface area (TPSA) is 94.3 Å². The Hall–Kier alpha value is -1.85. The van der Waals surface area contributed by atoms with E-state index in [4.69, 9.17) is 11.6 Å². The van der Waals surface area contributed by atoms with E-state index in [1.807, 2.05) is 0 Å². The van der Waals surface area contributed by atoms with E-state index in [1.165, 1.54) is 17.3 Å². The normalized spacial score (nSPS) is 17.9. The molecule has 1 saturated carbocycles. The Bertz CT molecular complexity index is 1030. The Morgan fingerprint density at radius 1 is 1.52 bits per heavy atom. The van der Waals surface area contributed by atoms with Gasteiger partial charge in [0, 0.05) is 31.4 Å². The zero-order valence-electron chi connectivity index (χ0n) is 15.3. The third kappa shape index (κ3) is 5.20. The number of rotatable bonds is 8. The SMILES string of the molecule is CCN(C(=O)CCS(=O)(=O)CC1CC1(F)F)c1sc(-c2ccc[n+]([O-])c2)nc1Cl. The Kier molecular flexibility index (Phi) is 6.11. The van der Waals surface area contributed by atoms with Crippen molar-refractivity contribution in [1.82, 2.24) is 4.98 Å². The molecule has 0 N–H and O–H groups in total. The van der Waals surface area contributed by atoms with Gasteiger partial charge in [0.05, 0.1) is 17.1 Å². The maximum absolute atomic E-state index is 13.0. The molecule has 0 saturated heterocycles. The van der Waals surface area contributed by atoms with Crippen LogP contribution in [0.1, 0.15) is 19.8 Å². The molecule has 12 heteroatoms. The van der Waals surface area contributed by atoms with Crippen LogP contribution in [0, 0.1) is 11.1 Å². The molecule has 0 spiro atoms. The van der Waals surface area contributed by atoms with Crippen molar-refractivity contribution in [3.63, 3.8) is 0 Å². The summed E-state index contributed by atoms with van der Waals surface area (Å²) in [5.41, 5.74) is 0.525. The lowest BCUT2D eigenvalue weighted by Crippen LogP contribution is -2.32. The number of hydrogen-bond acceptors (Lipinski definition) is 6. The molecule has 0 aromatic carbocycles. The van der Waals surface area contributed by atoms with Crippen LogP contribution in [-0.2, 0) is 14.6 Å². The summed E-state index contributed by atoms with van der Waals surface area (Å²) in [7, 11) is -3.77. The zero-order valence-corrected chi connectivity index (χ0v) is 17.7. The highest BCUT2D eigenvalue weighted by molar-refractivity contribution is 7.91. The third-order valence-electron chi connectivity index (χ3n) is 4.49. The van der Waals surface area contributed by atoms with E-state index < -0.39 is 45.5 Å². The van der Waals surface area contributed by atoms with Crippen molar-refractivity contribution < 1.29 is 26.7 Å². The Labute approximate surface area is 175 Å². The van der Waals surface area contributed by atoms with Crippen LogP contribution in [0.5, 0.6) is 0 Å². The minimum Gasteiger partial charge on any atom is -0.619 e. The van der Waals surface area contributed by atoms with Gasteiger partial charge in [-0.25, -0.2) is 22.2 Å². The highest BCUT2D eigenvalue weighted by atomic mass is 35.5. The number of sulfone groups is 1. The summed E-state index contributed by atoms with van der Waals surface area (Å²) in [5, 5.41) is 12.3. The average molecular weight is 466 g/mol. The minimum absolute atomic E-state index is 0.0574. The number of carbonyl (C=O) groups is 1. The first-order valence-electron chi connectivity index (χ1n) is 8.76. The number of carbonyl (C=O) groups excluding carboxylic acids is 1. The predicted octanol–water partition coefficient (Wildman–Crippen LogP) is 2.91. The largest absolute Gasteiger partial charge is 0.619 e. The second-order valence-corrected chi connectivity index (χ2v) is 10.3. The van der Waals surface area contributed by atoms with Crippen molar-refractivity contribution in [2.45, 2.75) is 25.7 Å². The fraction of sp³-hybridized carbons (Fsp3) is 0.471. The van der Waals surface area contributed by atoms with E-state index in [1.54, 1.807) is 19.1 Å². The van der Waals surface area contributed by atoms with Gasteiger partial charge in [-0.05, 0) is 13.0 Å². The fourth-order valence-corrected chi connectivity index (χ4v) is 5.82. The Morgan fingerprint density at radius 3 is 2.79 bits per heavy atom. The number of hydrogen-bond donors (Lipinski definition) is 0. The maximum atomic E-state index is 13.0. The highest BCUT2D eigenvalue weighted by Gasteiger charge is 2.58. The molecule has 7 nitrogen and oxygen atoms in total. The van der Waals surface area contributed by atoms with Gasteiger partial charge in [0.25, 0.3) is 5.92 Å². The van der Waals surface area contributed by atoms with E-state index in [0.717, 1.165) is 11.3 Å². The summed E-state index contributed by atoms with van der Waals surface area (Å²) < 4.78 is 50.6. The molecule has 1 unspecified atom stereocenters. The molecular weight excluding hydrogens is 448 g/mol. The summed E-state index contributed by atoms with van der Waals surface area (Å²) in [5.74, 6) is -5.69. The van der Waals surface area contributed by atoms with E-state index in [-0.39, 0.29) is 18.1 Å². The van der Waals surface area contributed by atoms with Crippen molar-refractivity contribution >= 4 is 43.7 Å². The van der Waals surface area contributed by atoms with Crippen molar-refractivity contribution in [3.05, 3.63) is 34.9 Å². The highest BCUT2D eigenvalue weighted by Crippen LogP contribution is 2.49. The molecular formula is C17H18ClF2N3O4S2. The van der Waals surface area contributed by atoms with Gasteiger partial charge in [-0.3, -0.25) is 4.79 Å². The number of nitrogens with zero attached hydrogens (tertiary/aromatic N) is 3. The number of anilines is 1. The molecule has 2 aromatic rings. The number of amides is 1. The van der Waals surface area contributed by atoms with Gasteiger partial charge in [-0.1, -0.05) is 22.9 Å². The molecule has 1 atom stereocenters. The van der Waals surface area contributed by atoms with Gasteiger partial charge < -0.3 is 10.1 Å². The van der Waals surface area contributed by atoms with Gasteiger partial charge in [0.2, 0.25) is 5.91 Å². The lowest BCUT2D eigenvalue weighted by Gasteiger charge is -2.19. The van der Waals surface area contributed by atoms with Gasteiger partial charge in [-0.15, -0.1) is 0 Å². The van der Waals surface area contributed by atoms with Crippen LogP contribution in [0.3, 0.4) is 0 Å². The second kappa shape index (κ2) is 8.11. The first-order chi connectivity index (χ1) is 13.5. The fourth-order valence-electron chi connectivity index (χ4n) is 2.82. The van der Waals surface area contributed by atoms with Crippen molar-refractivity contribution in [2.75, 3.05) is 23.0 Å². The van der Waals surface area contributed by atoms with Crippen LogP contribution in [0.25, 0.3) is 10.6 Å². The Balaban J connectivity index is 1.70. The first-order valence-corrected chi connectivity index (χ1v) is 11.8.